The molecule has 0 aliphatic carbocycles. The van der Waals surface area contributed by atoms with E-state index in [-0.39, 0.29) is 11.5 Å². The van der Waals surface area contributed by atoms with Crippen LogP contribution < -0.4 is 15.1 Å². The summed E-state index contributed by atoms with van der Waals surface area (Å²) >= 11 is 14.1. The molecule has 0 saturated heterocycles. The Morgan fingerprint density at radius 2 is 2.03 bits per heavy atom. The van der Waals surface area contributed by atoms with E-state index >= 15 is 0 Å². The van der Waals surface area contributed by atoms with Crippen LogP contribution in [-0.4, -0.2) is 21.7 Å². The highest BCUT2D eigenvalue weighted by molar-refractivity contribution is 7.99. The molecule has 4 rings (SSSR count). The van der Waals surface area contributed by atoms with Crippen molar-refractivity contribution in [3.63, 3.8) is 0 Å². The van der Waals surface area contributed by atoms with Gasteiger partial charge < -0.3 is 0 Å². The number of rotatable bonds is 5. The number of thioether (sulfide) groups is 1. The van der Waals surface area contributed by atoms with Crippen LogP contribution >= 0.6 is 35.0 Å². The van der Waals surface area contributed by atoms with Crippen molar-refractivity contribution in [2.45, 2.75) is 38.0 Å². The summed E-state index contributed by atoms with van der Waals surface area (Å²) in [5, 5.41) is 6.12. The van der Waals surface area contributed by atoms with Gasteiger partial charge in [-0.2, -0.15) is 0 Å². The molecular formula is C22H21Cl2N4O2S+. The van der Waals surface area contributed by atoms with Crippen molar-refractivity contribution in [1.29, 1.82) is 0 Å². The van der Waals surface area contributed by atoms with Crippen LogP contribution in [0.4, 0.5) is 5.69 Å². The van der Waals surface area contributed by atoms with Crippen LogP contribution in [0, 0.1) is 0 Å². The van der Waals surface area contributed by atoms with Crippen molar-refractivity contribution < 1.29 is 9.48 Å². The van der Waals surface area contributed by atoms with E-state index in [0.717, 1.165) is 18.6 Å². The molecule has 0 unspecified atom stereocenters. The Bertz CT molecular complexity index is 1210. The molecule has 0 bridgehead atoms. The van der Waals surface area contributed by atoms with Crippen molar-refractivity contribution in [1.82, 2.24) is 10.1 Å². The van der Waals surface area contributed by atoms with E-state index in [1.807, 2.05) is 24.3 Å². The number of anilines is 1. The maximum Gasteiger partial charge on any atom is 0.325 e. The number of amides is 1. The second-order valence-corrected chi connectivity index (χ2v) is 9.13. The van der Waals surface area contributed by atoms with Crippen LogP contribution in [0.1, 0.15) is 38.4 Å². The van der Waals surface area contributed by atoms with Crippen LogP contribution in [0.15, 0.2) is 52.4 Å². The number of nitrogens with one attached hydrogen (secondary N) is 1. The molecule has 1 aliphatic rings. The highest BCUT2D eigenvalue weighted by Gasteiger charge is 2.45. The lowest BCUT2D eigenvalue weighted by atomic mass is 10.0. The fourth-order valence-corrected chi connectivity index (χ4v) is 5.13. The van der Waals surface area contributed by atoms with Gasteiger partial charge in [0.25, 0.3) is 6.17 Å². The molecule has 2 heterocycles. The normalized spacial score (nSPS) is 14.8. The van der Waals surface area contributed by atoms with Crippen LogP contribution in [0.25, 0.3) is 11.3 Å². The van der Waals surface area contributed by atoms with Gasteiger partial charge in [-0.05, 0) is 41.4 Å². The minimum atomic E-state index is -0.722. The van der Waals surface area contributed by atoms with E-state index < -0.39 is 6.17 Å². The third-order valence-corrected chi connectivity index (χ3v) is 6.59. The number of halogens is 2. The lowest BCUT2D eigenvalue weighted by Crippen LogP contribution is -2.60. The molecule has 0 radical (unpaired) electrons. The number of carbonyl (C=O) groups excluding carboxylic acids is 1. The first kappa shape index (κ1) is 21.9. The average Bonchev–Trinajstić information content (AvgIpc) is 2.73. The van der Waals surface area contributed by atoms with Crippen molar-refractivity contribution in [2.75, 3.05) is 10.7 Å². The highest BCUT2D eigenvalue weighted by Crippen LogP contribution is 2.39. The first-order valence-corrected chi connectivity index (χ1v) is 11.7. The third-order valence-electron chi connectivity index (χ3n) is 5.07. The molecule has 9 heteroatoms. The van der Waals surface area contributed by atoms with Gasteiger partial charge in [0, 0.05) is 22.8 Å². The molecule has 0 fully saturated rings. The molecule has 2 aromatic carbocycles. The number of hydrogen-bond acceptors (Lipinski definition) is 4. The molecule has 160 valence electrons. The van der Waals surface area contributed by atoms with Gasteiger partial charge in [-0.1, -0.05) is 60.4 Å². The topological polar surface area (TPSA) is 69.9 Å². The van der Waals surface area contributed by atoms with Gasteiger partial charge in [0.05, 0.1) is 21.8 Å². The Kier molecular flexibility index (Phi) is 6.36. The number of nitrogens with zero attached hydrogens (tertiary/aromatic N) is 3. The van der Waals surface area contributed by atoms with E-state index in [1.165, 1.54) is 18.7 Å². The Morgan fingerprint density at radius 1 is 1.26 bits per heavy atom. The number of para-hydroxylation sites is 1. The van der Waals surface area contributed by atoms with Gasteiger partial charge in [0.1, 0.15) is 0 Å². The number of fused-ring (bicyclic) bond motifs is 3. The number of unbranched alkanes of at least 4 members (excludes halogenated alkanes) is 1. The number of H-pyrrole nitrogens is 1. The summed E-state index contributed by atoms with van der Waals surface area (Å²) in [4.78, 5) is 30.5. The van der Waals surface area contributed by atoms with E-state index in [1.54, 1.807) is 27.8 Å². The van der Waals surface area contributed by atoms with Crippen molar-refractivity contribution >= 4 is 46.6 Å². The molecule has 1 N–H and O–H groups in total. The molecular weight excluding hydrogens is 455 g/mol. The summed E-state index contributed by atoms with van der Waals surface area (Å²) in [5.41, 5.74) is 2.01. The monoisotopic (exact) mass is 475 g/mol. The van der Waals surface area contributed by atoms with Gasteiger partial charge in [0.2, 0.25) is 11.1 Å². The van der Waals surface area contributed by atoms with E-state index in [9.17, 15) is 9.59 Å². The van der Waals surface area contributed by atoms with Gasteiger partial charge in [-0.3, -0.25) is 14.6 Å². The minimum Gasteiger partial charge on any atom is -0.291 e. The van der Waals surface area contributed by atoms with Gasteiger partial charge >= 0.3 is 11.3 Å². The lowest BCUT2D eigenvalue weighted by molar-refractivity contribution is -0.763. The zero-order chi connectivity index (χ0) is 22.1. The second kappa shape index (κ2) is 9.02. The predicted octanol–water partition coefficient (Wildman–Crippen LogP) is 4.84. The van der Waals surface area contributed by atoms with Crippen molar-refractivity contribution in [3.8, 4) is 11.3 Å². The van der Waals surface area contributed by atoms with E-state index in [0.29, 0.717) is 37.7 Å². The molecule has 6 nitrogen and oxygen atoms in total. The summed E-state index contributed by atoms with van der Waals surface area (Å²) in [6.45, 7) is 3.60. The Labute approximate surface area is 194 Å². The summed E-state index contributed by atoms with van der Waals surface area (Å²) in [7, 11) is 0. The SMILES string of the molecule is CCCCSc1n[n+]2c(c(=O)[nH]1)-c1ccccc1N(C(C)=O)[C@H]2c1ccc(Cl)cc1Cl. The fourth-order valence-electron chi connectivity index (χ4n) is 3.68. The first-order chi connectivity index (χ1) is 14.9. The summed E-state index contributed by atoms with van der Waals surface area (Å²) < 4.78 is 1.60. The fraction of sp³-hybridized carbons (Fsp3) is 0.273. The predicted molar refractivity (Wildman–Crippen MR) is 124 cm³/mol. The highest BCUT2D eigenvalue weighted by atomic mass is 35.5. The number of hydrogen-bond donors (Lipinski definition) is 1. The van der Waals surface area contributed by atoms with E-state index in [2.05, 4.69) is 11.9 Å². The van der Waals surface area contributed by atoms with Gasteiger partial charge in [0.15, 0.2) is 0 Å². The smallest absolute Gasteiger partial charge is 0.291 e. The average molecular weight is 476 g/mol. The number of carbonyl (C=O) groups is 1. The number of benzene rings is 2. The summed E-state index contributed by atoms with van der Waals surface area (Å²) in [6.07, 6.45) is 1.33. The third kappa shape index (κ3) is 4.10. The lowest BCUT2D eigenvalue weighted by Gasteiger charge is -2.31. The van der Waals surface area contributed by atoms with E-state index in [4.69, 9.17) is 28.3 Å². The molecule has 1 aliphatic heterocycles. The van der Waals surface area contributed by atoms with Crippen LogP contribution in [0.3, 0.4) is 0 Å². The van der Waals surface area contributed by atoms with Gasteiger partial charge in [-0.25, -0.2) is 4.90 Å². The second-order valence-electron chi connectivity index (χ2n) is 7.20. The molecule has 1 atom stereocenters. The van der Waals surface area contributed by atoms with Gasteiger partial charge in [-0.15, -0.1) is 0 Å². The maximum atomic E-state index is 13.2. The zero-order valence-corrected chi connectivity index (χ0v) is 19.4. The molecule has 1 aromatic heterocycles. The maximum absolute atomic E-state index is 13.2. The molecule has 31 heavy (non-hydrogen) atoms. The summed E-state index contributed by atoms with van der Waals surface area (Å²) in [6, 6.07) is 12.4. The molecule has 0 spiro atoms. The molecule has 0 saturated carbocycles. The summed E-state index contributed by atoms with van der Waals surface area (Å²) in [5.74, 6) is 0.641. The van der Waals surface area contributed by atoms with Crippen molar-refractivity contribution in [2.24, 2.45) is 0 Å². The van der Waals surface area contributed by atoms with Crippen LogP contribution in [0.2, 0.25) is 10.0 Å². The Balaban J connectivity index is 2.00. The zero-order valence-electron chi connectivity index (χ0n) is 17.1. The van der Waals surface area contributed by atoms with Crippen molar-refractivity contribution in [3.05, 3.63) is 68.4 Å². The largest absolute Gasteiger partial charge is 0.325 e. The number of aromatic nitrogens is 3. The molecule has 1 amide bonds. The molecule has 3 aromatic rings. The Morgan fingerprint density at radius 3 is 2.74 bits per heavy atom. The number of aromatic amines is 1. The first-order valence-electron chi connectivity index (χ1n) is 9.95. The Hall–Kier alpha value is -2.35. The minimum absolute atomic E-state index is 0.191. The van der Waals surface area contributed by atoms with Crippen LogP contribution in [-0.2, 0) is 4.79 Å². The quantitative estimate of drug-likeness (QED) is 0.325. The standard InChI is InChI=1S/C22H20Cl2N4O2S/c1-3-4-11-31-22-25-20(30)19-16-7-5-6-8-18(16)27(13(2)29)21(28(19)26-22)15-10-9-14(23)12-17(15)24/h5-10,12,21H,3-4,11H2,1-2H3/p+1/t21-/m1/s1. The van der Waals surface area contributed by atoms with Crippen LogP contribution in [0.5, 0.6) is 0 Å².